The molecule has 0 aromatic heterocycles. The molecular formula is C9H10F3NO. The van der Waals surface area contributed by atoms with E-state index >= 15 is 0 Å². The fourth-order valence-corrected chi connectivity index (χ4v) is 1.08. The lowest BCUT2D eigenvalue weighted by Gasteiger charge is -2.15. The van der Waals surface area contributed by atoms with Crippen molar-refractivity contribution in [3.05, 3.63) is 35.1 Å². The molecule has 0 amide bonds. The van der Waals surface area contributed by atoms with Gasteiger partial charge >= 0.3 is 0 Å². The molecule has 0 radical (unpaired) electrons. The highest BCUT2D eigenvalue weighted by molar-refractivity contribution is 5.24. The number of halogens is 3. The van der Waals surface area contributed by atoms with Crippen LogP contribution >= 0.6 is 0 Å². The molecule has 2 atom stereocenters. The van der Waals surface area contributed by atoms with Crippen LogP contribution in [0.25, 0.3) is 0 Å². The van der Waals surface area contributed by atoms with Crippen LogP contribution < -0.4 is 5.73 Å². The molecule has 1 aromatic rings. The first kappa shape index (κ1) is 11.0. The summed E-state index contributed by atoms with van der Waals surface area (Å²) in [6.07, 6.45) is -1.08. The first-order valence-electron chi connectivity index (χ1n) is 4.01. The van der Waals surface area contributed by atoms with Gasteiger partial charge in [0.2, 0.25) is 0 Å². The number of aliphatic hydroxyl groups excluding tert-OH is 1. The van der Waals surface area contributed by atoms with E-state index in [-0.39, 0.29) is 5.56 Å². The van der Waals surface area contributed by atoms with E-state index in [4.69, 9.17) is 10.8 Å². The number of hydrogen-bond donors (Lipinski definition) is 2. The third kappa shape index (κ3) is 2.05. The molecule has 0 bridgehead atoms. The Hall–Kier alpha value is -1.07. The third-order valence-electron chi connectivity index (χ3n) is 1.90. The van der Waals surface area contributed by atoms with Crippen LogP contribution in [0.1, 0.15) is 18.5 Å². The maximum atomic E-state index is 13.1. The molecule has 0 unspecified atom stereocenters. The molecule has 0 saturated heterocycles. The first-order chi connectivity index (χ1) is 6.43. The van der Waals surface area contributed by atoms with Gasteiger partial charge in [0, 0.05) is 11.6 Å². The summed E-state index contributed by atoms with van der Waals surface area (Å²) < 4.78 is 38.5. The summed E-state index contributed by atoms with van der Waals surface area (Å²) in [6.45, 7) is 1.31. The summed E-state index contributed by atoms with van der Waals surface area (Å²) in [5.41, 5.74) is 4.99. The highest BCUT2D eigenvalue weighted by Gasteiger charge is 2.20. The van der Waals surface area contributed by atoms with Crippen molar-refractivity contribution in [2.24, 2.45) is 5.73 Å². The number of benzene rings is 1. The Morgan fingerprint density at radius 3 is 2.36 bits per heavy atom. The fraction of sp³-hybridized carbons (Fsp3) is 0.333. The van der Waals surface area contributed by atoms with Crippen LogP contribution in [0.2, 0.25) is 0 Å². The smallest absolute Gasteiger partial charge is 0.163 e. The van der Waals surface area contributed by atoms with E-state index in [1.165, 1.54) is 6.92 Å². The van der Waals surface area contributed by atoms with Gasteiger partial charge in [-0.05, 0) is 13.0 Å². The normalized spacial score (nSPS) is 15.3. The fourth-order valence-electron chi connectivity index (χ4n) is 1.08. The van der Waals surface area contributed by atoms with Crippen molar-refractivity contribution in [1.29, 1.82) is 0 Å². The quantitative estimate of drug-likeness (QED) is 0.718. The second-order valence-corrected chi connectivity index (χ2v) is 3.06. The molecule has 1 rings (SSSR count). The van der Waals surface area contributed by atoms with Gasteiger partial charge in [0.15, 0.2) is 11.6 Å². The molecule has 1 aromatic carbocycles. The third-order valence-corrected chi connectivity index (χ3v) is 1.90. The van der Waals surface area contributed by atoms with Gasteiger partial charge in [-0.1, -0.05) is 0 Å². The molecule has 14 heavy (non-hydrogen) atoms. The number of hydrogen-bond acceptors (Lipinski definition) is 2. The topological polar surface area (TPSA) is 46.2 Å². The molecule has 0 fully saturated rings. The largest absolute Gasteiger partial charge is 0.391 e. The van der Waals surface area contributed by atoms with Crippen molar-refractivity contribution < 1.29 is 18.3 Å². The molecule has 2 nitrogen and oxygen atoms in total. The predicted octanol–water partition coefficient (Wildman–Crippen LogP) is 1.48. The number of nitrogens with two attached hydrogens (primary N) is 1. The van der Waals surface area contributed by atoms with E-state index in [9.17, 15) is 13.2 Å². The van der Waals surface area contributed by atoms with Gasteiger partial charge in [0.25, 0.3) is 0 Å². The van der Waals surface area contributed by atoms with E-state index in [1.807, 2.05) is 0 Å². The molecule has 0 aliphatic heterocycles. The zero-order valence-corrected chi connectivity index (χ0v) is 7.47. The Balaban J connectivity index is 3.20. The van der Waals surface area contributed by atoms with E-state index in [0.29, 0.717) is 6.07 Å². The van der Waals surface area contributed by atoms with E-state index in [2.05, 4.69) is 0 Å². The van der Waals surface area contributed by atoms with Crippen molar-refractivity contribution >= 4 is 0 Å². The van der Waals surface area contributed by atoms with Crippen LogP contribution in [0.3, 0.4) is 0 Å². The van der Waals surface area contributed by atoms with E-state index < -0.39 is 29.6 Å². The van der Waals surface area contributed by atoms with E-state index in [1.54, 1.807) is 0 Å². The lowest BCUT2D eigenvalue weighted by molar-refractivity contribution is 0.162. The predicted molar refractivity (Wildman–Crippen MR) is 44.9 cm³/mol. The average molecular weight is 205 g/mol. The molecule has 0 aliphatic carbocycles. The highest BCUT2D eigenvalue weighted by Crippen LogP contribution is 2.21. The van der Waals surface area contributed by atoms with Crippen molar-refractivity contribution in [2.45, 2.75) is 19.1 Å². The van der Waals surface area contributed by atoms with Gasteiger partial charge in [-0.2, -0.15) is 0 Å². The molecule has 0 heterocycles. The molecule has 78 valence electrons. The van der Waals surface area contributed by atoms with Crippen LogP contribution in [0.15, 0.2) is 12.1 Å². The maximum absolute atomic E-state index is 13.1. The Bertz CT molecular complexity index is 341. The minimum atomic E-state index is -1.31. The van der Waals surface area contributed by atoms with Gasteiger partial charge in [-0.3, -0.25) is 0 Å². The summed E-state index contributed by atoms with van der Waals surface area (Å²) >= 11 is 0. The zero-order valence-electron chi connectivity index (χ0n) is 7.47. The molecular weight excluding hydrogens is 195 g/mol. The second-order valence-electron chi connectivity index (χ2n) is 3.06. The van der Waals surface area contributed by atoms with Crippen LogP contribution in [-0.4, -0.2) is 11.2 Å². The van der Waals surface area contributed by atoms with Crippen molar-refractivity contribution in [3.63, 3.8) is 0 Å². The maximum Gasteiger partial charge on any atom is 0.163 e. The second kappa shape index (κ2) is 3.98. The van der Waals surface area contributed by atoms with Gasteiger partial charge in [0.05, 0.1) is 12.1 Å². The zero-order chi connectivity index (χ0) is 10.9. The van der Waals surface area contributed by atoms with Crippen LogP contribution in [0.5, 0.6) is 0 Å². The van der Waals surface area contributed by atoms with Crippen LogP contribution in [0, 0.1) is 17.5 Å². The molecule has 3 N–H and O–H groups in total. The van der Waals surface area contributed by atoms with Gasteiger partial charge in [-0.15, -0.1) is 0 Å². The van der Waals surface area contributed by atoms with E-state index in [0.717, 1.165) is 6.07 Å². The van der Waals surface area contributed by atoms with Gasteiger partial charge in [-0.25, -0.2) is 13.2 Å². The lowest BCUT2D eigenvalue weighted by atomic mass is 10.0. The minimum Gasteiger partial charge on any atom is -0.391 e. The van der Waals surface area contributed by atoms with Crippen molar-refractivity contribution in [3.8, 4) is 0 Å². The van der Waals surface area contributed by atoms with Gasteiger partial charge in [0.1, 0.15) is 5.82 Å². The number of rotatable bonds is 2. The van der Waals surface area contributed by atoms with Crippen LogP contribution in [0.4, 0.5) is 13.2 Å². The Morgan fingerprint density at radius 2 is 1.86 bits per heavy atom. The van der Waals surface area contributed by atoms with Gasteiger partial charge < -0.3 is 10.8 Å². The molecule has 0 saturated carbocycles. The van der Waals surface area contributed by atoms with Crippen molar-refractivity contribution in [2.75, 3.05) is 0 Å². The molecule has 0 spiro atoms. The Labute approximate surface area is 79.2 Å². The first-order valence-corrected chi connectivity index (χ1v) is 4.01. The van der Waals surface area contributed by atoms with Crippen molar-refractivity contribution in [1.82, 2.24) is 0 Å². The Morgan fingerprint density at radius 1 is 1.29 bits per heavy atom. The summed E-state index contributed by atoms with van der Waals surface area (Å²) in [6, 6.07) is 0.0591. The summed E-state index contributed by atoms with van der Waals surface area (Å²) in [5, 5.41) is 9.04. The molecule has 0 aliphatic rings. The minimum absolute atomic E-state index is 0.363. The monoisotopic (exact) mass is 205 g/mol. The Kier molecular flexibility index (Phi) is 3.13. The summed E-state index contributed by atoms with van der Waals surface area (Å²) in [4.78, 5) is 0. The van der Waals surface area contributed by atoms with Crippen LogP contribution in [-0.2, 0) is 0 Å². The summed E-state index contributed by atoms with van der Waals surface area (Å²) in [5.74, 6) is -3.45. The number of aliphatic hydroxyl groups is 1. The standard InChI is InChI=1S/C9H10F3NO/c1-4(14)9(13)6-2-5(10)3-7(11)8(6)12/h2-4,9,14H,13H2,1H3/t4-,9+/m0/s1. The SMILES string of the molecule is C[C@H](O)[C@@H](N)c1cc(F)cc(F)c1F. The lowest BCUT2D eigenvalue weighted by Crippen LogP contribution is -2.24. The average Bonchev–Trinajstić information content (AvgIpc) is 2.09. The summed E-state index contributed by atoms with van der Waals surface area (Å²) in [7, 11) is 0. The molecule has 5 heteroatoms. The highest BCUT2D eigenvalue weighted by atomic mass is 19.2.